The van der Waals surface area contributed by atoms with Gasteiger partial charge in [0.15, 0.2) is 11.6 Å². The minimum Gasteiger partial charge on any atom is -0.368 e. The molecule has 0 heterocycles. The second-order valence-electron chi connectivity index (χ2n) is 4.28. The van der Waals surface area contributed by atoms with Gasteiger partial charge in [0.1, 0.15) is 6.04 Å². The van der Waals surface area contributed by atoms with Gasteiger partial charge in [-0.05, 0) is 37.5 Å². The van der Waals surface area contributed by atoms with Gasteiger partial charge in [-0.1, -0.05) is 6.08 Å². The largest absolute Gasteiger partial charge is 0.368 e. The molecule has 6 heteroatoms. The lowest BCUT2D eigenvalue weighted by Crippen LogP contribution is -2.44. The van der Waals surface area contributed by atoms with E-state index in [2.05, 4.69) is 11.9 Å². The fourth-order valence-electron chi connectivity index (χ4n) is 1.63. The van der Waals surface area contributed by atoms with Crippen molar-refractivity contribution in [3.63, 3.8) is 0 Å². The summed E-state index contributed by atoms with van der Waals surface area (Å²) in [6.45, 7) is 3.55. The lowest BCUT2D eigenvalue weighted by atomic mass is 10.1. The minimum atomic E-state index is -1.13. The van der Waals surface area contributed by atoms with E-state index in [1.165, 1.54) is 0 Å². The van der Waals surface area contributed by atoms with Crippen molar-refractivity contribution in [3.05, 3.63) is 48.1 Å². The first-order chi connectivity index (χ1) is 9.45. The van der Waals surface area contributed by atoms with Crippen LogP contribution in [-0.4, -0.2) is 17.9 Å². The highest BCUT2D eigenvalue weighted by Gasteiger charge is 2.19. The molecule has 0 spiro atoms. The number of carbonyl (C=O) groups is 2. The molecule has 0 aromatic heterocycles. The van der Waals surface area contributed by atoms with Gasteiger partial charge >= 0.3 is 0 Å². The van der Waals surface area contributed by atoms with Crippen LogP contribution in [-0.2, 0) is 4.79 Å². The van der Waals surface area contributed by atoms with E-state index < -0.39 is 29.5 Å². The van der Waals surface area contributed by atoms with Crippen LogP contribution in [0, 0.1) is 11.6 Å². The van der Waals surface area contributed by atoms with Crippen molar-refractivity contribution >= 4 is 11.8 Å². The maximum absolute atomic E-state index is 13.0. The average Bonchev–Trinajstić information content (AvgIpc) is 2.40. The van der Waals surface area contributed by atoms with Gasteiger partial charge < -0.3 is 11.1 Å². The molecule has 1 rings (SSSR count). The molecular weight excluding hydrogens is 266 g/mol. The zero-order chi connectivity index (χ0) is 15.1. The molecule has 1 atom stereocenters. The fourth-order valence-corrected chi connectivity index (χ4v) is 1.63. The normalized spacial score (nSPS) is 11.7. The summed E-state index contributed by atoms with van der Waals surface area (Å²) in [7, 11) is 0. The first kappa shape index (κ1) is 15.8. The van der Waals surface area contributed by atoms with Crippen molar-refractivity contribution in [2.75, 3.05) is 0 Å². The number of rotatable bonds is 7. The number of benzene rings is 1. The van der Waals surface area contributed by atoms with Crippen molar-refractivity contribution in [1.29, 1.82) is 0 Å². The number of nitrogens with two attached hydrogens (primary N) is 1. The zero-order valence-corrected chi connectivity index (χ0v) is 10.9. The number of carbonyl (C=O) groups excluding carboxylic acids is 2. The highest BCUT2D eigenvalue weighted by molar-refractivity contribution is 5.97. The van der Waals surface area contributed by atoms with Crippen molar-refractivity contribution in [3.8, 4) is 0 Å². The van der Waals surface area contributed by atoms with Crippen molar-refractivity contribution in [2.24, 2.45) is 5.73 Å². The smallest absolute Gasteiger partial charge is 0.252 e. The highest BCUT2D eigenvalue weighted by atomic mass is 19.2. The van der Waals surface area contributed by atoms with Gasteiger partial charge in [-0.15, -0.1) is 6.58 Å². The van der Waals surface area contributed by atoms with Gasteiger partial charge in [-0.2, -0.15) is 0 Å². The van der Waals surface area contributed by atoms with Gasteiger partial charge in [0.2, 0.25) is 5.91 Å². The summed E-state index contributed by atoms with van der Waals surface area (Å²) >= 11 is 0. The summed E-state index contributed by atoms with van der Waals surface area (Å²) in [5.74, 6) is -3.52. The quantitative estimate of drug-likeness (QED) is 0.592. The summed E-state index contributed by atoms with van der Waals surface area (Å²) in [6, 6.07) is 1.90. The lowest BCUT2D eigenvalue weighted by Gasteiger charge is -2.15. The predicted octanol–water partition coefficient (Wildman–Crippen LogP) is 1.90. The van der Waals surface area contributed by atoms with Gasteiger partial charge in [0.05, 0.1) is 0 Å². The molecule has 3 N–H and O–H groups in total. The molecule has 1 aromatic rings. The molecule has 108 valence electrons. The molecule has 0 bridgehead atoms. The molecule has 0 saturated heterocycles. The summed E-state index contributed by atoms with van der Waals surface area (Å²) < 4.78 is 25.8. The monoisotopic (exact) mass is 282 g/mol. The molecule has 20 heavy (non-hydrogen) atoms. The molecule has 0 saturated carbocycles. The number of halogens is 2. The maximum Gasteiger partial charge on any atom is 0.252 e. The van der Waals surface area contributed by atoms with Crippen molar-refractivity contribution < 1.29 is 18.4 Å². The van der Waals surface area contributed by atoms with Gasteiger partial charge in [-0.3, -0.25) is 9.59 Å². The molecule has 0 radical (unpaired) electrons. The molecule has 0 fully saturated rings. The van der Waals surface area contributed by atoms with E-state index in [1.54, 1.807) is 6.08 Å². The van der Waals surface area contributed by atoms with Gasteiger partial charge in [0, 0.05) is 5.56 Å². The van der Waals surface area contributed by atoms with Crippen LogP contribution < -0.4 is 11.1 Å². The third-order valence-electron chi connectivity index (χ3n) is 2.73. The molecule has 0 unspecified atom stereocenters. The zero-order valence-electron chi connectivity index (χ0n) is 10.9. The third-order valence-corrected chi connectivity index (χ3v) is 2.73. The minimum absolute atomic E-state index is 0.0705. The Morgan fingerprint density at radius 3 is 2.60 bits per heavy atom. The molecular formula is C14H16F2N2O2. The summed E-state index contributed by atoms with van der Waals surface area (Å²) in [5, 5.41) is 2.40. The van der Waals surface area contributed by atoms with E-state index in [0.29, 0.717) is 19.3 Å². The number of hydrogen-bond acceptors (Lipinski definition) is 2. The SMILES string of the molecule is C=CCCC[C@@H](NC(=O)c1ccc(F)c(F)c1)C(N)=O. The van der Waals surface area contributed by atoms with Crippen molar-refractivity contribution in [1.82, 2.24) is 5.32 Å². The Morgan fingerprint density at radius 1 is 1.35 bits per heavy atom. The first-order valence-corrected chi connectivity index (χ1v) is 6.12. The molecule has 2 amide bonds. The Labute approximate surface area is 115 Å². The van der Waals surface area contributed by atoms with Crippen LogP contribution in [0.5, 0.6) is 0 Å². The van der Waals surface area contributed by atoms with Crippen LogP contribution in [0.3, 0.4) is 0 Å². The number of hydrogen-bond donors (Lipinski definition) is 2. The van der Waals surface area contributed by atoms with Gasteiger partial charge in [-0.25, -0.2) is 8.78 Å². The molecule has 0 aliphatic heterocycles. The number of primary amides is 1. The van der Waals surface area contributed by atoms with Gasteiger partial charge in [0.25, 0.3) is 5.91 Å². The Bertz CT molecular complexity index is 518. The van der Waals surface area contributed by atoms with Crippen LogP contribution in [0.25, 0.3) is 0 Å². The number of allylic oxidation sites excluding steroid dienone is 1. The second-order valence-corrected chi connectivity index (χ2v) is 4.28. The van der Waals surface area contributed by atoms with Crippen LogP contribution in [0.1, 0.15) is 29.6 Å². The van der Waals surface area contributed by atoms with E-state index in [9.17, 15) is 18.4 Å². The van der Waals surface area contributed by atoms with Crippen LogP contribution in [0.4, 0.5) is 8.78 Å². The molecule has 0 aliphatic rings. The third kappa shape index (κ3) is 4.46. The molecule has 4 nitrogen and oxygen atoms in total. The van der Waals surface area contributed by atoms with E-state index in [0.717, 1.165) is 18.2 Å². The van der Waals surface area contributed by atoms with Crippen LogP contribution in [0.15, 0.2) is 30.9 Å². The van der Waals surface area contributed by atoms with E-state index in [4.69, 9.17) is 5.73 Å². The summed E-state index contributed by atoms with van der Waals surface area (Å²) in [5.41, 5.74) is 5.12. The predicted molar refractivity (Wildman–Crippen MR) is 70.9 cm³/mol. The molecule has 0 aliphatic carbocycles. The Morgan fingerprint density at radius 2 is 2.05 bits per heavy atom. The number of amides is 2. The van der Waals surface area contributed by atoms with Crippen LogP contribution >= 0.6 is 0 Å². The fraction of sp³-hybridized carbons (Fsp3) is 0.286. The Kier molecular flexibility index (Phi) is 5.83. The highest BCUT2D eigenvalue weighted by Crippen LogP contribution is 2.09. The average molecular weight is 282 g/mol. The molecule has 1 aromatic carbocycles. The first-order valence-electron chi connectivity index (χ1n) is 6.12. The summed E-state index contributed by atoms with van der Waals surface area (Å²) in [4.78, 5) is 23.1. The Balaban J connectivity index is 2.72. The summed E-state index contributed by atoms with van der Waals surface area (Å²) in [6.07, 6.45) is 3.37. The Hall–Kier alpha value is -2.24. The standard InChI is InChI=1S/C14H16F2N2O2/c1-2-3-4-5-12(13(17)19)18-14(20)9-6-7-10(15)11(16)8-9/h2,6-8,12H,1,3-5H2,(H2,17,19)(H,18,20)/t12-/m1/s1. The maximum atomic E-state index is 13.0. The van der Waals surface area contributed by atoms with E-state index in [1.807, 2.05) is 0 Å². The topological polar surface area (TPSA) is 72.2 Å². The second kappa shape index (κ2) is 7.37. The lowest BCUT2D eigenvalue weighted by molar-refractivity contribution is -0.120. The van der Waals surface area contributed by atoms with E-state index in [-0.39, 0.29) is 5.56 Å². The van der Waals surface area contributed by atoms with Crippen LogP contribution in [0.2, 0.25) is 0 Å². The van der Waals surface area contributed by atoms with Crippen molar-refractivity contribution in [2.45, 2.75) is 25.3 Å². The van der Waals surface area contributed by atoms with E-state index >= 15 is 0 Å². The number of nitrogens with one attached hydrogen (secondary N) is 1. The number of unbranched alkanes of at least 4 members (excludes halogenated alkanes) is 1.